The number of likely N-dealkylation sites (tertiary alicyclic amines) is 1. The summed E-state index contributed by atoms with van der Waals surface area (Å²) in [5.41, 5.74) is -0.460. The maximum atomic E-state index is 9.91. The van der Waals surface area contributed by atoms with Crippen LogP contribution in [0, 0.1) is 0 Å². The van der Waals surface area contributed by atoms with E-state index in [0.717, 1.165) is 50.6 Å². The molecule has 1 aromatic rings. The van der Waals surface area contributed by atoms with Crippen molar-refractivity contribution in [2.24, 2.45) is 0 Å². The molecule has 2 rings (SSSR count). The van der Waals surface area contributed by atoms with Crippen molar-refractivity contribution in [2.75, 3.05) is 32.8 Å². The number of benzene rings is 1. The molecule has 0 unspecified atom stereocenters. The molecule has 1 fully saturated rings. The Morgan fingerprint density at radius 2 is 1.60 bits per heavy atom. The van der Waals surface area contributed by atoms with Crippen molar-refractivity contribution in [3.63, 3.8) is 0 Å². The van der Waals surface area contributed by atoms with Gasteiger partial charge in [0.05, 0.1) is 12.2 Å². The third kappa shape index (κ3) is 4.12. The predicted molar refractivity (Wildman–Crippen MR) is 79.4 cm³/mol. The molecule has 20 heavy (non-hydrogen) atoms. The van der Waals surface area contributed by atoms with Crippen LogP contribution in [0.15, 0.2) is 24.3 Å². The minimum atomic E-state index is -0.460. The summed E-state index contributed by atoms with van der Waals surface area (Å²) in [6.07, 6.45) is 1.84. The zero-order valence-electron chi connectivity index (χ0n) is 12.5. The van der Waals surface area contributed by atoms with Crippen LogP contribution in [-0.2, 0) is 0 Å². The molecule has 0 bridgehead atoms. The summed E-state index contributed by atoms with van der Waals surface area (Å²) in [4.78, 5) is 2.21. The molecule has 0 amide bonds. The van der Waals surface area contributed by atoms with E-state index in [1.807, 2.05) is 31.2 Å². The first-order chi connectivity index (χ1) is 9.65. The first-order valence-corrected chi connectivity index (χ1v) is 7.45. The highest BCUT2D eigenvalue weighted by Crippen LogP contribution is 2.23. The third-order valence-electron chi connectivity index (χ3n) is 3.67. The van der Waals surface area contributed by atoms with Crippen LogP contribution in [0.4, 0.5) is 0 Å². The van der Waals surface area contributed by atoms with Crippen LogP contribution in [-0.4, -0.2) is 48.5 Å². The van der Waals surface area contributed by atoms with E-state index >= 15 is 0 Å². The van der Waals surface area contributed by atoms with Crippen LogP contribution in [0.5, 0.6) is 11.5 Å². The standard InChI is InChI=1S/C16H25NO3/c1-3-10-19-14-5-7-15(8-6-14)20-11-9-17-12-16(18,4-2)13-17/h5-8,18H,3-4,9-13H2,1-2H3. The van der Waals surface area contributed by atoms with Gasteiger partial charge in [0.1, 0.15) is 18.1 Å². The predicted octanol–water partition coefficient (Wildman–Crippen LogP) is 2.31. The summed E-state index contributed by atoms with van der Waals surface area (Å²) in [5, 5.41) is 9.91. The SMILES string of the molecule is CCCOc1ccc(OCCN2CC(O)(CC)C2)cc1. The first kappa shape index (κ1) is 15.1. The second-order valence-electron chi connectivity index (χ2n) is 5.46. The Hall–Kier alpha value is -1.26. The average molecular weight is 279 g/mol. The highest BCUT2D eigenvalue weighted by atomic mass is 16.5. The van der Waals surface area contributed by atoms with E-state index in [0.29, 0.717) is 6.61 Å². The van der Waals surface area contributed by atoms with E-state index in [1.165, 1.54) is 0 Å². The molecule has 4 heteroatoms. The lowest BCUT2D eigenvalue weighted by molar-refractivity contribution is -0.102. The molecule has 0 saturated carbocycles. The highest BCUT2D eigenvalue weighted by molar-refractivity contribution is 5.31. The van der Waals surface area contributed by atoms with Gasteiger partial charge in [0, 0.05) is 19.6 Å². The number of β-amino-alcohol motifs (C(OH)–C–C–N with tert-alkyl or cyclic N) is 1. The number of ether oxygens (including phenoxy) is 2. The van der Waals surface area contributed by atoms with Gasteiger partial charge in [0.15, 0.2) is 0 Å². The van der Waals surface area contributed by atoms with E-state index < -0.39 is 5.60 Å². The van der Waals surface area contributed by atoms with Crippen molar-refractivity contribution < 1.29 is 14.6 Å². The van der Waals surface area contributed by atoms with Gasteiger partial charge in [-0.25, -0.2) is 0 Å². The second-order valence-corrected chi connectivity index (χ2v) is 5.46. The van der Waals surface area contributed by atoms with E-state index in [2.05, 4.69) is 11.8 Å². The number of nitrogens with zero attached hydrogens (tertiary/aromatic N) is 1. The van der Waals surface area contributed by atoms with Crippen LogP contribution >= 0.6 is 0 Å². The fraction of sp³-hybridized carbons (Fsp3) is 0.625. The van der Waals surface area contributed by atoms with Crippen LogP contribution in [0.3, 0.4) is 0 Å². The van der Waals surface area contributed by atoms with Crippen molar-refractivity contribution in [3.8, 4) is 11.5 Å². The molecule has 112 valence electrons. The van der Waals surface area contributed by atoms with Gasteiger partial charge in [-0.15, -0.1) is 0 Å². The smallest absolute Gasteiger partial charge is 0.119 e. The first-order valence-electron chi connectivity index (χ1n) is 7.45. The van der Waals surface area contributed by atoms with Crippen molar-refractivity contribution in [2.45, 2.75) is 32.3 Å². The monoisotopic (exact) mass is 279 g/mol. The number of rotatable bonds is 8. The van der Waals surface area contributed by atoms with Gasteiger partial charge in [-0.1, -0.05) is 13.8 Å². The fourth-order valence-corrected chi connectivity index (χ4v) is 2.31. The molecular formula is C16H25NO3. The minimum Gasteiger partial charge on any atom is -0.494 e. The minimum absolute atomic E-state index is 0.460. The molecule has 1 heterocycles. The number of hydrogen-bond donors (Lipinski definition) is 1. The molecule has 0 atom stereocenters. The van der Waals surface area contributed by atoms with Gasteiger partial charge in [0.25, 0.3) is 0 Å². The quantitative estimate of drug-likeness (QED) is 0.793. The zero-order valence-corrected chi connectivity index (χ0v) is 12.5. The topological polar surface area (TPSA) is 41.9 Å². The Balaban J connectivity index is 1.65. The average Bonchev–Trinajstić information content (AvgIpc) is 2.44. The highest BCUT2D eigenvalue weighted by Gasteiger charge is 2.38. The normalized spacial score (nSPS) is 17.6. The van der Waals surface area contributed by atoms with Crippen molar-refractivity contribution in [1.82, 2.24) is 4.90 Å². The molecule has 0 radical (unpaired) electrons. The van der Waals surface area contributed by atoms with Crippen LogP contribution < -0.4 is 9.47 Å². The molecule has 4 nitrogen and oxygen atoms in total. The summed E-state index contributed by atoms with van der Waals surface area (Å²) in [5.74, 6) is 1.75. The lowest BCUT2D eigenvalue weighted by Crippen LogP contribution is -2.61. The van der Waals surface area contributed by atoms with E-state index in [-0.39, 0.29) is 0 Å². The van der Waals surface area contributed by atoms with Crippen molar-refractivity contribution in [3.05, 3.63) is 24.3 Å². The molecule has 1 N–H and O–H groups in total. The van der Waals surface area contributed by atoms with Gasteiger partial charge in [-0.3, -0.25) is 4.90 Å². The lowest BCUT2D eigenvalue weighted by atomic mass is 9.91. The molecule has 1 aliphatic rings. The number of aliphatic hydroxyl groups is 1. The largest absolute Gasteiger partial charge is 0.494 e. The van der Waals surface area contributed by atoms with E-state index in [9.17, 15) is 5.11 Å². The Morgan fingerprint density at radius 1 is 1.05 bits per heavy atom. The summed E-state index contributed by atoms with van der Waals surface area (Å²) in [6, 6.07) is 7.74. The van der Waals surface area contributed by atoms with E-state index in [4.69, 9.17) is 9.47 Å². The Morgan fingerprint density at radius 3 is 2.10 bits per heavy atom. The van der Waals surface area contributed by atoms with Gasteiger partial charge in [0.2, 0.25) is 0 Å². The fourth-order valence-electron chi connectivity index (χ4n) is 2.31. The molecule has 0 aliphatic carbocycles. The van der Waals surface area contributed by atoms with Gasteiger partial charge < -0.3 is 14.6 Å². The summed E-state index contributed by atoms with van der Waals surface area (Å²) in [6.45, 7) is 7.89. The molecule has 0 spiro atoms. The molecule has 0 aromatic heterocycles. The van der Waals surface area contributed by atoms with Gasteiger partial charge >= 0.3 is 0 Å². The van der Waals surface area contributed by atoms with Gasteiger partial charge in [-0.2, -0.15) is 0 Å². The maximum absolute atomic E-state index is 9.91. The van der Waals surface area contributed by atoms with Crippen LogP contribution in [0.2, 0.25) is 0 Å². The summed E-state index contributed by atoms with van der Waals surface area (Å²) >= 11 is 0. The molecule has 1 saturated heterocycles. The van der Waals surface area contributed by atoms with Crippen LogP contribution in [0.25, 0.3) is 0 Å². The van der Waals surface area contributed by atoms with Gasteiger partial charge in [-0.05, 0) is 37.1 Å². The van der Waals surface area contributed by atoms with Crippen molar-refractivity contribution >= 4 is 0 Å². The lowest BCUT2D eigenvalue weighted by Gasteiger charge is -2.46. The maximum Gasteiger partial charge on any atom is 0.119 e. The van der Waals surface area contributed by atoms with Crippen LogP contribution in [0.1, 0.15) is 26.7 Å². The molecule has 1 aromatic carbocycles. The Kier molecular flexibility index (Phi) is 5.26. The molecule has 1 aliphatic heterocycles. The Labute approximate surface area is 121 Å². The van der Waals surface area contributed by atoms with Crippen molar-refractivity contribution in [1.29, 1.82) is 0 Å². The number of hydrogen-bond acceptors (Lipinski definition) is 4. The van der Waals surface area contributed by atoms with E-state index in [1.54, 1.807) is 0 Å². The Bertz CT molecular complexity index is 399. The zero-order chi connectivity index (χ0) is 14.4. The second kappa shape index (κ2) is 6.95. The summed E-state index contributed by atoms with van der Waals surface area (Å²) < 4.78 is 11.2. The third-order valence-corrected chi connectivity index (χ3v) is 3.67. The summed E-state index contributed by atoms with van der Waals surface area (Å²) in [7, 11) is 0. The molecular weight excluding hydrogens is 254 g/mol.